The normalized spacial score (nSPS) is 18.5. The number of nitrogens with one attached hydrogen (secondary N) is 1. The predicted octanol–water partition coefficient (Wildman–Crippen LogP) is 2.91. The Kier molecular flexibility index (Phi) is 6.49. The third kappa shape index (κ3) is 5.71. The average molecular weight is 333 g/mol. The molecule has 0 aliphatic carbocycles. The van der Waals surface area contributed by atoms with Gasteiger partial charge in [-0.15, -0.1) is 0 Å². The monoisotopic (exact) mass is 333 g/mol. The Bertz CT molecular complexity index is 546. The molecule has 5 nitrogen and oxygen atoms in total. The second-order valence-electron chi connectivity index (χ2n) is 7.33. The van der Waals surface area contributed by atoms with E-state index >= 15 is 0 Å². The highest BCUT2D eigenvalue weighted by Crippen LogP contribution is 2.23. The molecule has 134 valence electrons. The highest BCUT2D eigenvalue weighted by Gasteiger charge is 2.19. The van der Waals surface area contributed by atoms with Crippen LogP contribution in [0.4, 0.5) is 0 Å². The van der Waals surface area contributed by atoms with Crippen molar-refractivity contribution in [3.05, 3.63) is 29.8 Å². The number of para-hydroxylation sites is 1. The van der Waals surface area contributed by atoms with E-state index in [1.54, 1.807) is 0 Å². The average Bonchev–Trinajstić information content (AvgIpc) is 3.01. The lowest BCUT2D eigenvalue weighted by atomic mass is 10.1. The third-order valence-corrected chi connectivity index (χ3v) is 3.96. The largest absolute Gasteiger partial charge is 0.488 e. The summed E-state index contributed by atoms with van der Waals surface area (Å²) in [7, 11) is 3.90. The molecule has 1 atom stereocenters. The van der Waals surface area contributed by atoms with Crippen LogP contribution in [0.3, 0.4) is 0 Å². The van der Waals surface area contributed by atoms with Crippen molar-refractivity contribution in [2.24, 2.45) is 10.9 Å². The van der Waals surface area contributed by atoms with Gasteiger partial charge in [0.15, 0.2) is 5.96 Å². The molecule has 24 heavy (non-hydrogen) atoms. The molecule has 0 bridgehead atoms. The fourth-order valence-corrected chi connectivity index (χ4v) is 2.84. The minimum atomic E-state index is -0.211. The second-order valence-corrected chi connectivity index (χ2v) is 7.33. The van der Waals surface area contributed by atoms with Crippen LogP contribution in [0, 0.1) is 5.92 Å². The molecule has 0 amide bonds. The molecule has 5 heteroatoms. The van der Waals surface area contributed by atoms with E-state index < -0.39 is 0 Å². The number of benzene rings is 1. The SMILES string of the molecule is CN=C(NCc1ccccc1OC(C)(C)C)N(C)CC1CCOC1. The zero-order valence-electron chi connectivity index (χ0n) is 15.6. The standard InChI is InChI=1S/C19H31N3O2/c1-19(2,3)24-17-9-7-6-8-16(17)12-21-18(20-4)22(5)13-15-10-11-23-14-15/h6-9,15H,10-14H2,1-5H3,(H,20,21). The van der Waals surface area contributed by atoms with Gasteiger partial charge in [-0.05, 0) is 33.3 Å². The number of nitrogens with zero attached hydrogens (tertiary/aromatic N) is 2. The van der Waals surface area contributed by atoms with Crippen molar-refractivity contribution in [3.63, 3.8) is 0 Å². The molecule has 1 saturated heterocycles. The van der Waals surface area contributed by atoms with Crippen LogP contribution < -0.4 is 10.1 Å². The molecule has 1 aliphatic heterocycles. The number of guanidine groups is 1. The summed E-state index contributed by atoms with van der Waals surface area (Å²) in [6, 6.07) is 8.15. The zero-order valence-corrected chi connectivity index (χ0v) is 15.6. The summed E-state index contributed by atoms with van der Waals surface area (Å²) in [5.74, 6) is 2.40. The molecule has 2 rings (SSSR count). The molecule has 1 N–H and O–H groups in total. The number of hydrogen-bond donors (Lipinski definition) is 1. The van der Waals surface area contributed by atoms with E-state index in [4.69, 9.17) is 9.47 Å². The number of rotatable bonds is 5. The van der Waals surface area contributed by atoms with Crippen LogP contribution >= 0.6 is 0 Å². The molecule has 0 spiro atoms. The number of ether oxygens (including phenoxy) is 2. The van der Waals surface area contributed by atoms with E-state index in [1.807, 2.05) is 25.2 Å². The van der Waals surface area contributed by atoms with Gasteiger partial charge in [-0.2, -0.15) is 0 Å². The van der Waals surface area contributed by atoms with Crippen LogP contribution in [-0.4, -0.2) is 50.3 Å². The number of aliphatic imine (C=N–C) groups is 1. The highest BCUT2D eigenvalue weighted by atomic mass is 16.5. The fourth-order valence-electron chi connectivity index (χ4n) is 2.84. The van der Waals surface area contributed by atoms with Gasteiger partial charge in [0.2, 0.25) is 0 Å². The smallest absolute Gasteiger partial charge is 0.193 e. The molecular weight excluding hydrogens is 302 g/mol. The number of hydrogen-bond acceptors (Lipinski definition) is 3. The topological polar surface area (TPSA) is 46.1 Å². The summed E-state index contributed by atoms with van der Waals surface area (Å²) < 4.78 is 11.5. The van der Waals surface area contributed by atoms with Crippen molar-refractivity contribution in [2.75, 3.05) is 33.9 Å². The van der Waals surface area contributed by atoms with E-state index in [9.17, 15) is 0 Å². The Hall–Kier alpha value is -1.75. The van der Waals surface area contributed by atoms with Gasteiger partial charge < -0.3 is 19.7 Å². The molecule has 1 heterocycles. The van der Waals surface area contributed by atoms with Crippen LogP contribution in [0.1, 0.15) is 32.8 Å². The Labute approximate surface area is 146 Å². The minimum Gasteiger partial charge on any atom is -0.488 e. The molecule has 0 saturated carbocycles. The van der Waals surface area contributed by atoms with Crippen molar-refractivity contribution in [1.82, 2.24) is 10.2 Å². The summed E-state index contributed by atoms with van der Waals surface area (Å²) >= 11 is 0. The molecule has 0 radical (unpaired) electrons. The van der Waals surface area contributed by atoms with Crippen LogP contribution in [0.2, 0.25) is 0 Å². The van der Waals surface area contributed by atoms with Crippen molar-refractivity contribution < 1.29 is 9.47 Å². The van der Waals surface area contributed by atoms with Gasteiger partial charge in [0.25, 0.3) is 0 Å². The molecule has 1 aliphatic rings. The summed E-state index contributed by atoms with van der Waals surface area (Å²) in [4.78, 5) is 6.57. The summed E-state index contributed by atoms with van der Waals surface area (Å²) in [6.45, 7) is 9.56. The predicted molar refractivity (Wildman–Crippen MR) is 98.6 cm³/mol. The van der Waals surface area contributed by atoms with Gasteiger partial charge in [0.1, 0.15) is 11.4 Å². The van der Waals surface area contributed by atoms with E-state index in [1.165, 1.54) is 0 Å². The summed E-state index contributed by atoms with van der Waals surface area (Å²) in [5.41, 5.74) is 0.919. The molecule has 1 aromatic carbocycles. The van der Waals surface area contributed by atoms with E-state index in [0.717, 1.165) is 43.5 Å². The quantitative estimate of drug-likeness (QED) is 0.665. The van der Waals surface area contributed by atoms with Gasteiger partial charge in [-0.1, -0.05) is 18.2 Å². The third-order valence-electron chi connectivity index (χ3n) is 3.96. The van der Waals surface area contributed by atoms with Gasteiger partial charge >= 0.3 is 0 Å². The Morgan fingerprint density at radius 1 is 1.38 bits per heavy atom. The van der Waals surface area contributed by atoms with E-state index in [-0.39, 0.29) is 5.60 Å². The lowest BCUT2D eigenvalue weighted by Gasteiger charge is -2.26. The Morgan fingerprint density at radius 2 is 2.12 bits per heavy atom. The summed E-state index contributed by atoms with van der Waals surface area (Å²) in [6.07, 6.45) is 1.13. The molecular formula is C19H31N3O2. The van der Waals surface area contributed by atoms with Crippen LogP contribution in [0.5, 0.6) is 5.75 Å². The first-order valence-corrected chi connectivity index (χ1v) is 8.65. The van der Waals surface area contributed by atoms with E-state index in [2.05, 4.69) is 49.1 Å². The second kappa shape index (κ2) is 8.38. The first-order chi connectivity index (χ1) is 11.4. The van der Waals surface area contributed by atoms with Gasteiger partial charge in [-0.3, -0.25) is 4.99 Å². The molecule has 1 aromatic rings. The van der Waals surface area contributed by atoms with Crippen LogP contribution in [0.25, 0.3) is 0 Å². The molecule has 0 aromatic heterocycles. The van der Waals surface area contributed by atoms with Crippen LogP contribution in [0.15, 0.2) is 29.3 Å². The maximum atomic E-state index is 6.06. The maximum Gasteiger partial charge on any atom is 0.193 e. The Morgan fingerprint density at radius 3 is 2.75 bits per heavy atom. The van der Waals surface area contributed by atoms with Gasteiger partial charge in [-0.25, -0.2) is 0 Å². The minimum absolute atomic E-state index is 0.211. The summed E-state index contributed by atoms with van der Waals surface area (Å²) in [5, 5.41) is 3.44. The van der Waals surface area contributed by atoms with Gasteiger partial charge in [0, 0.05) is 45.3 Å². The maximum absolute atomic E-state index is 6.06. The lowest BCUT2D eigenvalue weighted by molar-refractivity contribution is 0.129. The highest BCUT2D eigenvalue weighted by molar-refractivity contribution is 5.79. The zero-order chi connectivity index (χ0) is 17.6. The fraction of sp³-hybridized carbons (Fsp3) is 0.632. The van der Waals surface area contributed by atoms with Gasteiger partial charge in [0.05, 0.1) is 6.61 Å². The van der Waals surface area contributed by atoms with Crippen molar-refractivity contribution in [2.45, 2.75) is 39.3 Å². The van der Waals surface area contributed by atoms with Crippen LogP contribution in [-0.2, 0) is 11.3 Å². The molecule has 1 fully saturated rings. The Balaban J connectivity index is 1.95. The molecule has 1 unspecified atom stereocenters. The lowest BCUT2D eigenvalue weighted by Crippen LogP contribution is -2.41. The van der Waals surface area contributed by atoms with Crippen molar-refractivity contribution in [1.29, 1.82) is 0 Å². The first kappa shape index (κ1) is 18.6. The van der Waals surface area contributed by atoms with Crippen molar-refractivity contribution >= 4 is 5.96 Å². The van der Waals surface area contributed by atoms with E-state index in [0.29, 0.717) is 12.5 Å². The van der Waals surface area contributed by atoms with Crippen molar-refractivity contribution in [3.8, 4) is 5.75 Å². The first-order valence-electron chi connectivity index (χ1n) is 8.65.